The van der Waals surface area contributed by atoms with Crippen LogP contribution in [0.15, 0.2) is 42.5 Å². The zero-order valence-electron chi connectivity index (χ0n) is 23.4. The number of amides is 2. The van der Waals surface area contributed by atoms with Crippen LogP contribution >= 0.6 is 0 Å². The fourth-order valence-electron chi connectivity index (χ4n) is 4.06. The number of rotatable bonds is 8. The molecule has 0 spiro atoms. The Kier molecular flexibility index (Phi) is 9.42. The molecule has 0 aliphatic heterocycles. The quantitative estimate of drug-likeness (QED) is 0.277. The van der Waals surface area contributed by atoms with Crippen molar-refractivity contribution in [3.63, 3.8) is 0 Å². The van der Waals surface area contributed by atoms with Crippen LogP contribution < -0.4 is 30.4 Å². The maximum absolute atomic E-state index is 14.1. The van der Waals surface area contributed by atoms with E-state index in [1.54, 1.807) is 0 Å². The van der Waals surface area contributed by atoms with Crippen LogP contribution in [0.25, 0.3) is 22.3 Å². The summed E-state index contributed by atoms with van der Waals surface area (Å²) in [6.45, 7) is 3.95. The molecular weight excluding hydrogens is 593 g/mol. The van der Waals surface area contributed by atoms with Crippen molar-refractivity contribution in [2.75, 3.05) is 0 Å². The maximum Gasteiger partial charge on any atom is 0.416 e. The van der Waals surface area contributed by atoms with E-state index < -0.39 is 81.6 Å². The molecule has 230 valence electrons. The van der Waals surface area contributed by atoms with Gasteiger partial charge < -0.3 is 30.4 Å². The summed E-state index contributed by atoms with van der Waals surface area (Å²) in [4.78, 5) is 71.3. The first-order valence-corrected chi connectivity index (χ1v) is 12.3. The molecule has 15 heteroatoms. The van der Waals surface area contributed by atoms with Gasteiger partial charge in [0, 0.05) is 27.7 Å². The molecule has 0 unspecified atom stereocenters. The van der Waals surface area contributed by atoms with E-state index >= 15 is 0 Å². The van der Waals surface area contributed by atoms with Gasteiger partial charge in [-0.15, -0.1) is 0 Å². The maximum atomic E-state index is 14.1. The fourth-order valence-corrected chi connectivity index (χ4v) is 4.06. The topological polar surface area (TPSA) is 191 Å². The van der Waals surface area contributed by atoms with E-state index in [2.05, 4.69) is 0 Å². The van der Waals surface area contributed by atoms with Gasteiger partial charge in [-0.25, -0.2) is 0 Å². The second-order valence-electron chi connectivity index (χ2n) is 9.09. The van der Waals surface area contributed by atoms with Crippen molar-refractivity contribution < 1.29 is 60.9 Å². The zero-order valence-corrected chi connectivity index (χ0v) is 23.4. The highest BCUT2D eigenvalue weighted by molar-refractivity contribution is 6.02. The van der Waals surface area contributed by atoms with E-state index in [9.17, 15) is 41.9 Å². The van der Waals surface area contributed by atoms with Crippen LogP contribution in [0.5, 0.6) is 23.0 Å². The highest BCUT2D eigenvalue weighted by atomic mass is 19.4. The Balaban J connectivity index is 2.43. The van der Waals surface area contributed by atoms with Crippen LogP contribution in [0, 0.1) is 0 Å². The van der Waals surface area contributed by atoms with Crippen molar-refractivity contribution >= 4 is 35.7 Å². The highest BCUT2D eigenvalue weighted by Crippen LogP contribution is 2.42. The molecule has 0 atom stereocenters. The van der Waals surface area contributed by atoms with Gasteiger partial charge in [0.2, 0.25) is 0 Å². The Morgan fingerprint density at radius 2 is 0.750 bits per heavy atom. The molecule has 44 heavy (non-hydrogen) atoms. The van der Waals surface area contributed by atoms with Gasteiger partial charge in [0.05, 0.1) is 5.56 Å². The molecule has 4 N–H and O–H groups in total. The lowest BCUT2D eigenvalue weighted by molar-refractivity contribution is -0.137. The van der Waals surface area contributed by atoms with Crippen LogP contribution in [0.1, 0.15) is 54.0 Å². The Labute approximate surface area is 246 Å². The Morgan fingerprint density at radius 1 is 0.500 bits per heavy atom. The number of esters is 4. The first-order valence-electron chi connectivity index (χ1n) is 12.3. The van der Waals surface area contributed by atoms with Gasteiger partial charge in [-0.3, -0.25) is 28.8 Å². The van der Waals surface area contributed by atoms with Crippen LogP contribution in [-0.4, -0.2) is 35.7 Å². The van der Waals surface area contributed by atoms with Crippen molar-refractivity contribution in [2.24, 2.45) is 11.5 Å². The van der Waals surface area contributed by atoms with Gasteiger partial charge in [0.1, 0.15) is 34.1 Å². The molecular formula is C29H23F3N2O10. The number of ether oxygens (including phenoxy) is 4. The van der Waals surface area contributed by atoms with Crippen LogP contribution in [-0.2, 0) is 25.4 Å². The Morgan fingerprint density at radius 3 is 0.955 bits per heavy atom. The normalized spacial score (nSPS) is 10.9. The molecule has 0 fully saturated rings. The predicted octanol–water partition coefficient (Wildman–Crippen LogP) is 3.94. The number of hydrogen-bond donors (Lipinski definition) is 2. The third-order valence-electron chi connectivity index (χ3n) is 5.57. The molecule has 0 heterocycles. The summed E-state index contributed by atoms with van der Waals surface area (Å²) in [7, 11) is 0. The number of halogens is 3. The lowest BCUT2D eigenvalue weighted by atomic mass is 9.93. The Bertz CT molecular complexity index is 1540. The molecule has 3 rings (SSSR count). The van der Waals surface area contributed by atoms with Crippen molar-refractivity contribution in [2.45, 2.75) is 33.9 Å². The van der Waals surface area contributed by atoms with Crippen molar-refractivity contribution in [1.82, 2.24) is 0 Å². The van der Waals surface area contributed by atoms with Gasteiger partial charge in [-0.2, -0.15) is 13.2 Å². The van der Waals surface area contributed by atoms with Crippen LogP contribution in [0.4, 0.5) is 13.2 Å². The summed E-state index contributed by atoms with van der Waals surface area (Å²) in [6, 6.07) is 6.80. The minimum absolute atomic E-state index is 0.121. The number of nitrogens with two attached hydrogens (primary N) is 2. The molecule has 3 aromatic carbocycles. The fraction of sp³-hybridized carbons (Fsp3) is 0.172. The van der Waals surface area contributed by atoms with E-state index in [-0.39, 0.29) is 22.3 Å². The molecule has 0 bridgehead atoms. The minimum Gasteiger partial charge on any atom is -0.426 e. The van der Waals surface area contributed by atoms with Gasteiger partial charge in [0.25, 0.3) is 11.8 Å². The van der Waals surface area contributed by atoms with Gasteiger partial charge in [-0.05, 0) is 64.7 Å². The molecule has 2 amide bonds. The lowest BCUT2D eigenvalue weighted by Gasteiger charge is -2.18. The minimum atomic E-state index is -4.93. The smallest absolute Gasteiger partial charge is 0.416 e. The number of benzene rings is 3. The van der Waals surface area contributed by atoms with E-state index in [0.29, 0.717) is 0 Å². The molecule has 0 radical (unpaired) electrons. The predicted molar refractivity (Wildman–Crippen MR) is 145 cm³/mol. The standard InChI is InChI=1S/C29H23F3N2O10/c1-12(35)41-21-8-18(9-22(42-13(2)36)25(21)27(33)39)16-5-17(7-20(6-16)29(30,31)32)19-10-23(43-14(3)37)26(28(34)40)24(11-19)44-15(4)38/h5-11H,1-4H3,(H2,33,39)(H2,34,40). The Hall–Kier alpha value is -5.73. The molecule has 12 nitrogen and oxygen atoms in total. The lowest BCUT2D eigenvalue weighted by Crippen LogP contribution is -2.18. The second-order valence-corrected chi connectivity index (χ2v) is 9.09. The van der Waals surface area contributed by atoms with Crippen molar-refractivity contribution in [3.8, 4) is 45.3 Å². The first-order chi connectivity index (χ1) is 20.4. The first kappa shape index (κ1) is 32.8. The van der Waals surface area contributed by atoms with Crippen molar-refractivity contribution in [1.29, 1.82) is 0 Å². The number of primary amides is 2. The van der Waals surface area contributed by atoms with E-state index in [0.717, 1.165) is 64.1 Å². The van der Waals surface area contributed by atoms with E-state index in [1.165, 1.54) is 6.07 Å². The summed E-state index contributed by atoms with van der Waals surface area (Å²) >= 11 is 0. The summed E-state index contributed by atoms with van der Waals surface area (Å²) in [5.74, 6) is -8.03. The molecule has 0 aliphatic rings. The van der Waals surface area contributed by atoms with Gasteiger partial charge >= 0.3 is 30.1 Å². The molecule has 0 aliphatic carbocycles. The molecule has 0 saturated carbocycles. The summed E-state index contributed by atoms with van der Waals surface area (Å²) in [6.07, 6.45) is -4.93. The molecule has 0 aromatic heterocycles. The monoisotopic (exact) mass is 616 g/mol. The summed E-state index contributed by atoms with van der Waals surface area (Å²) in [5, 5.41) is 0. The number of alkyl halides is 3. The van der Waals surface area contributed by atoms with Crippen molar-refractivity contribution in [3.05, 3.63) is 59.2 Å². The van der Waals surface area contributed by atoms with Gasteiger partial charge in [0.15, 0.2) is 0 Å². The molecule has 0 saturated heterocycles. The SMILES string of the molecule is CC(=O)Oc1cc(-c2cc(-c3cc(OC(C)=O)c(C(N)=O)c(OC(C)=O)c3)cc(C(F)(F)F)c2)cc(OC(C)=O)c1C(N)=O. The third kappa shape index (κ3) is 7.76. The van der Waals surface area contributed by atoms with Crippen LogP contribution in [0.3, 0.4) is 0 Å². The zero-order chi connectivity index (χ0) is 33.1. The van der Waals surface area contributed by atoms with E-state index in [4.69, 9.17) is 30.4 Å². The molecule has 3 aromatic rings. The number of carbonyl (C=O) groups is 6. The van der Waals surface area contributed by atoms with Crippen LogP contribution in [0.2, 0.25) is 0 Å². The average Bonchev–Trinajstić information content (AvgIpc) is 2.85. The second kappa shape index (κ2) is 12.6. The highest BCUT2D eigenvalue weighted by Gasteiger charge is 2.32. The largest absolute Gasteiger partial charge is 0.426 e. The number of carbonyl (C=O) groups excluding carboxylic acids is 6. The van der Waals surface area contributed by atoms with Gasteiger partial charge in [-0.1, -0.05) is 0 Å². The third-order valence-corrected chi connectivity index (χ3v) is 5.57. The van der Waals surface area contributed by atoms with E-state index in [1.807, 2.05) is 0 Å². The average molecular weight is 617 g/mol. The summed E-state index contributed by atoms with van der Waals surface area (Å²) < 4.78 is 62.6. The number of hydrogen-bond acceptors (Lipinski definition) is 10. The summed E-state index contributed by atoms with van der Waals surface area (Å²) in [5.41, 5.74) is 7.90.